The maximum absolute atomic E-state index is 11.2. The molecular weight excluding hydrogens is 719 g/mol. The number of hydrogen-bond donors (Lipinski definition) is 1. The van der Waals surface area contributed by atoms with Crippen LogP contribution in [0.4, 0.5) is 0 Å². The van der Waals surface area contributed by atoms with Crippen LogP contribution in [0.15, 0.2) is 84.8 Å². The van der Waals surface area contributed by atoms with Gasteiger partial charge in [0.05, 0.1) is 5.76 Å². The van der Waals surface area contributed by atoms with Crippen LogP contribution in [-0.2, 0) is 24.9 Å². The molecule has 44 heavy (non-hydrogen) atoms. The van der Waals surface area contributed by atoms with Gasteiger partial charge in [-0.25, -0.2) is 0 Å². The van der Waals surface area contributed by atoms with Crippen molar-refractivity contribution in [1.82, 2.24) is 4.98 Å². The van der Waals surface area contributed by atoms with Gasteiger partial charge in [-0.3, -0.25) is 4.79 Å². The summed E-state index contributed by atoms with van der Waals surface area (Å²) < 4.78 is 0. The number of benzene rings is 4. The third-order valence-electron chi connectivity index (χ3n) is 7.68. The predicted molar refractivity (Wildman–Crippen MR) is 184 cm³/mol. The quantitative estimate of drug-likeness (QED) is 0.0741. The molecule has 0 amide bonds. The van der Waals surface area contributed by atoms with Gasteiger partial charge in [-0.15, -0.1) is 34.9 Å². The van der Waals surface area contributed by atoms with Crippen molar-refractivity contribution in [3.63, 3.8) is 0 Å². The Hall–Kier alpha value is -3.33. The molecule has 0 aliphatic rings. The normalized spacial score (nSPS) is 11.9. The number of aromatic nitrogens is 1. The Balaban J connectivity index is 0.000000324. The molecule has 4 heteroatoms. The van der Waals surface area contributed by atoms with Crippen LogP contribution in [-0.4, -0.2) is 15.9 Å². The van der Waals surface area contributed by atoms with E-state index in [1.54, 1.807) is 0 Å². The number of aliphatic hydroxyl groups excluding tert-OH is 1. The van der Waals surface area contributed by atoms with Gasteiger partial charge in [-0.05, 0) is 67.7 Å². The molecule has 1 radical (unpaired) electrons. The van der Waals surface area contributed by atoms with E-state index >= 15 is 0 Å². The predicted octanol–water partition coefficient (Wildman–Crippen LogP) is 11.3. The maximum Gasteiger partial charge on any atom is 0.159 e. The Morgan fingerprint density at radius 2 is 1.36 bits per heavy atom. The molecular formula is C40H46IrNO2-. The number of carbonyl (C=O) groups excluding carboxylic acids is 1. The Bertz CT molecular complexity index is 1740. The summed E-state index contributed by atoms with van der Waals surface area (Å²) in [5.74, 6) is 1.88. The van der Waals surface area contributed by atoms with Crippen LogP contribution in [0.5, 0.6) is 0 Å². The van der Waals surface area contributed by atoms with Gasteiger partial charge in [0.2, 0.25) is 0 Å². The molecule has 0 unspecified atom stereocenters. The first-order valence-corrected chi connectivity index (χ1v) is 15.6. The van der Waals surface area contributed by atoms with Gasteiger partial charge in [-0.1, -0.05) is 104 Å². The van der Waals surface area contributed by atoms with E-state index in [4.69, 9.17) is 4.98 Å². The molecule has 0 atom stereocenters. The van der Waals surface area contributed by atoms with Crippen LogP contribution in [0.1, 0.15) is 91.2 Å². The molecule has 0 fully saturated rings. The molecule has 0 bridgehead atoms. The molecule has 5 rings (SSSR count). The molecule has 0 aliphatic carbocycles. The Labute approximate surface area is 277 Å². The van der Waals surface area contributed by atoms with E-state index in [9.17, 15) is 9.90 Å². The first kappa shape index (κ1) is 35.2. The molecule has 0 saturated heterocycles. The smallest absolute Gasteiger partial charge is 0.159 e. The number of aliphatic hydroxyl groups is 1. The van der Waals surface area contributed by atoms with Crippen molar-refractivity contribution in [3.05, 3.63) is 102 Å². The fourth-order valence-corrected chi connectivity index (χ4v) is 5.48. The molecule has 0 saturated carbocycles. The molecule has 3 nitrogen and oxygen atoms in total. The summed E-state index contributed by atoms with van der Waals surface area (Å²) in [4.78, 5) is 16.0. The third kappa shape index (κ3) is 8.64. The van der Waals surface area contributed by atoms with Crippen LogP contribution in [0.25, 0.3) is 43.6 Å². The summed E-state index contributed by atoms with van der Waals surface area (Å²) in [5, 5.41) is 16.9. The summed E-state index contributed by atoms with van der Waals surface area (Å²) in [6.07, 6.45) is 4.41. The summed E-state index contributed by atoms with van der Waals surface area (Å²) in [6.45, 7) is 17.0. The molecule has 0 aliphatic heterocycles. The van der Waals surface area contributed by atoms with Gasteiger partial charge >= 0.3 is 0 Å². The van der Waals surface area contributed by atoms with Crippen molar-refractivity contribution in [2.75, 3.05) is 0 Å². The number of fused-ring (bicyclic) bond motifs is 5. The van der Waals surface area contributed by atoms with Gasteiger partial charge in [0.1, 0.15) is 0 Å². The summed E-state index contributed by atoms with van der Waals surface area (Å²) >= 11 is 0. The van der Waals surface area contributed by atoms with E-state index in [-0.39, 0.29) is 31.6 Å². The van der Waals surface area contributed by atoms with Crippen LogP contribution in [0, 0.1) is 17.9 Å². The van der Waals surface area contributed by atoms with Crippen LogP contribution in [0.3, 0.4) is 0 Å². The molecule has 1 aromatic heterocycles. The van der Waals surface area contributed by atoms with E-state index in [2.05, 4.69) is 100 Å². The average molecular weight is 765 g/mol. The average Bonchev–Trinajstić information content (AvgIpc) is 2.95. The van der Waals surface area contributed by atoms with Crippen molar-refractivity contribution in [2.45, 2.75) is 80.1 Å². The van der Waals surface area contributed by atoms with Crippen LogP contribution in [0.2, 0.25) is 0 Å². The first-order chi connectivity index (χ1) is 20.4. The second-order valence-electron chi connectivity index (χ2n) is 13.1. The minimum absolute atomic E-state index is 0. The largest absolute Gasteiger partial charge is 0.512 e. The van der Waals surface area contributed by atoms with Crippen molar-refractivity contribution in [3.8, 4) is 11.3 Å². The third-order valence-corrected chi connectivity index (χ3v) is 7.68. The number of carbonyl (C=O) groups is 1. The van der Waals surface area contributed by atoms with E-state index in [1.165, 1.54) is 49.5 Å². The molecule has 1 N–H and O–H groups in total. The Kier molecular flexibility index (Phi) is 12.5. The number of hydrogen-bond acceptors (Lipinski definition) is 3. The molecule has 1 heterocycles. The number of nitrogens with zero attached hydrogens (tertiary/aromatic N) is 1. The SMILES string of the molecule is CC(C)CC(=O)/C=C(\O)CC(C)C.CC(C)c1[c-]c(-c2nccc3c2ccc2c4ccccc4ccc32)cc(C(C)C)c1.[Ir]. The van der Waals surface area contributed by atoms with Crippen molar-refractivity contribution >= 4 is 38.1 Å². The summed E-state index contributed by atoms with van der Waals surface area (Å²) in [5.41, 5.74) is 4.71. The van der Waals surface area contributed by atoms with Crippen LogP contribution >= 0.6 is 0 Å². The van der Waals surface area contributed by atoms with Crippen LogP contribution < -0.4 is 0 Å². The Morgan fingerprint density at radius 1 is 0.750 bits per heavy atom. The van der Waals surface area contributed by atoms with Gasteiger partial charge in [0, 0.05) is 45.2 Å². The minimum Gasteiger partial charge on any atom is -0.512 e. The van der Waals surface area contributed by atoms with Gasteiger partial charge in [0.15, 0.2) is 5.78 Å². The van der Waals surface area contributed by atoms with Crippen molar-refractivity contribution < 1.29 is 30.0 Å². The number of rotatable bonds is 8. The fourth-order valence-electron chi connectivity index (χ4n) is 5.48. The monoisotopic (exact) mass is 765 g/mol. The van der Waals surface area contributed by atoms with Crippen molar-refractivity contribution in [2.24, 2.45) is 11.8 Å². The van der Waals surface area contributed by atoms with Gasteiger partial charge in [0.25, 0.3) is 0 Å². The second-order valence-corrected chi connectivity index (χ2v) is 13.1. The van der Waals surface area contributed by atoms with Gasteiger partial charge < -0.3 is 10.1 Å². The summed E-state index contributed by atoms with van der Waals surface area (Å²) in [6, 6.07) is 27.9. The van der Waals surface area contributed by atoms with E-state index in [0.29, 0.717) is 36.5 Å². The standard InChI is InChI=1S/C29H26N.C11H20O2.Ir/c1-18(2)21-15-22(19(3)4)17-23(16-21)29-28-12-11-25-24-8-6-5-7-20(24)9-10-26(25)27(28)13-14-30-29;1-8(2)5-10(12)7-11(13)6-9(3)4;/h5-16,18-19H,1-4H3;7-9,12H,5-6H2,1-4H3;/q-1;;/b;10-7-;. The molecule has 4 aromatic carbocycles. The zero-order chi connectivity index (χ0) is 31.3. The van der Waals surface area contributed by atoms with E-state index < -0.39 is 0 Å². The maximum atomic E-state index is 11.2. The minimum atomic E-state index is 0. The number of allylic oxidation sites excluding steroid dienone is 2. The Morgan fingerprint density at radius 3 is 2.02 bits per heavy atom. The zero-order valence-corrected chi connectivity index (χ0v) is 29.8. The summed E-state index contributed by atoms with van der Waals surface area (Å²) in [7, 11) is 0. The van der Waals surface area contributed by atoms with E-state index in [0.717, 1.165) is 11.3 Å². The van der Waals surface area contributed by atoms with Gasteiger partial charge in [-0.2, -0.15) is 0 Å². The van der Waals surface area contributed by atoms with Crippen molar-refractivity contribution in [1.29, 1.82) is 0 Å². The van der Waals surface area contributed by atoms with E-state index in [1.807, 2.05) is 33.9 Å². The molecule has 5 aromatic rings. The zero-order valence-electron chi connectivity index (χ0n) is 27.4. The number of pyridine rings is 1. The molecule has 233 valence electrons. The first-order valence-electron chi connectivity index (χ1n) is 15.6. The fraction of sp³-hybridized carbons (Fsp3) is 0.350. The molecule has 0 spiro atoms. The number of ketones is 1. The second kappa shape index (κ2) is 15.6. The topological polar surface area (TPSA) is 50.2 Å².